The number of pyridine rings is 1. The summed E-state index contributed by atoms with van der Waals surface area (Å²) in [4.78, 5) is 14.1. The zero-order valence-electron chi connectivity index (χ0n) is 8.15. The van der Waals surface area contributed by atoms with E-state index in [1.165, 1.54) is 6.07 Å². The molecule has 0 amide bonds. The van der Waals surface area contributed by atoms with E-state index in [0.29, 0.717) is 0 Å². The lowest BCUT2D eigenvalue weighted by atomic mass is 10.3. The molecule has 0 fully saturated rings. The predicted octanol–water partition coefficient (Wildman–Crippen LogP) is 2.11. The highest BCUT2D eigenvalue weighted by Gasteiger charge is 2.38. The second kappa shape index (κ2) is 4.38. The van der Waals surface area contributed by atoms with Gasteiger partial charge in [-0.05, 0) is 19.1 Å². The smallest absolute Gasteiger partial charge is 0.425 e. The minimum absolute atomic E-state index is 0.404. The van der Waals surface area contributed by atoms with Gasteiger partial charge >= 0.3 is 12.1 Å². The number of nitrogens with zero attached hydrogens (tertiary/aromatic N) is 1. The van der Waals surface area contributed by atoms with Gasteiger partial charge in [-0.1, -0.05) is 0 Å². The first-order valence-electron chi connectivity index (χ1n) is 4.24. The van der Waals surface area contributed by atoms with E-state index in [-0.39, 0.29) is 0 Å². The summed E-state index contributed by atoms with van der Waals surface area (Å²) in [6.07, 6.45) is -5.52. The van der Waals surface area contributed by atoms with E-state index in [4.69, 9.17) is 5.11 Å². The van der Waals surface area contributed by atoms with Crippen molar-refractivity contribution in [1.82, 2.24) is 4.98 Å². The van der Waals surface area contributed by atoms with Crippen molar-refractivity contribution >= 4 is 5.97 Å². The van der Waals surface area contributed by atoms with Gasteiger partial charge in [-0.2, -0.15) is 13.2 Å². The first-order valence-corrected chi connectivity index (χ1v) is 4.24. The molecule has 4 nitrogen and oxygen atoms in total. The molecule has 1 aromatic heterocycles. The van der Waals surface area contributed by atoms with Gasteiger partial charge in [0.05, 0.1) is 0 Å². The lowest BCUT2D eigenvalue weighted by Gasteiger charge is -2.17. The molecule has 0 bridgehead atoms. The van der Waals surface area contributed by atoms with Crippen LogP contribution in [0.5, 0.6) is 5.88 Å². The first-order chi connectivity index (χ1) is 7.32. The quantitative estimate of drug-likeness (QED) is 0.871. The largest absolute Gasteiger partial charge is 0.477 e. The highest BCUT2D eigenvalue weighted by atomic mass is 19.4. The molecule has 1 N–H and O–H groups in total. The summed E-state index contributed by atoms with van der Waals surface area (Å²) in [6, 6.07) is 2.42. The molecule has 0 aliphatic heterocycles. The zero-order valence-corrected chi connectivity index (χ0v) is 8.15. The van der Waals surface area contributed by atoms with Crippen molar-refractivity contribution in [3.05, 3.63) is 23.9 Å². The molecule has 88 valence electrons. The number of carbonyl (C=O) groups is 1. The van der Waals surface area contributed by atoms with Crippen LogP contribution >= 0.6 is 0 Å². The van der Waals surface area contributed by atoms with Gasteiger partial charge in [0.1, 0.15) is 5.56 Å². The van der Waals surface area contributed by atoms with Crippen LogP contribution in [0, 0.1) is 0 Å². The second-order valence-corrected chi connectivity index (χ2v) is 2.96. The Morgan fingerprint density at radius 3 is 2.69 bits per heavy atom. The number of aromatic nitrogens is 1. The van der Waals surface area contributed by atoms with Gasteiger partial charge < -0.3 is 9.84 Å². The van der Waals surface area contributed by atoms with Crippen molar-refractivity contribution in [1.29, 1.82) is 0 Å². The maximum absolute atomic E-state index is 12.2. The number of carboxylic acids is 1. The summed E-state index contributed by atoms with van der Waals surface area (Å²) in [7, 11) is 0. The number of hydrogen-bond acceptors (Lipinski definition) is 3. The molecular formula is C9H8F3NO3. The monoisotopic (exact) mass is 235 g/mol. The maximum atomic E-state index is 12.2. The van der Waals surface area contributed by atoms with Crippen molar-refractivity contribution in [2.45, 2.75) is 19.2 Å². The number of carboxylic acid groups (broad SMARTS) is 1. The topological polar surface area (TPSA) is 59.4 Å². The highest BCUT2D eigenvalue weighted by Crippen LogP contribution is 2.25. The third-order valence-electron chi connectivity index (χ3n) is 1.75. The molecule has 0 radical (unpaired) electrons. The van der Waals surface area contributed by atoms with Gasteiger partial charge in [0.2, 0.25) is 5.88 Å². The molecule has 7 heteroatoms. The molecule has 0 aliphatic carbocycles. The van der Waals surface area contributed by atoms with E-state index in [2.05, 4.69) is 9.72 Å². The molecular weight excluding hydrogens is 227 g/mol. The molecule has 1 heterocycles. The van der Waals surface area contributed by atoms with Crippen LogP contribution in [-0.4, -0.2) is 28.3 Å². The first kappa shape index (κ1) is 12.3. The number of hydrogen-bond donors (Lipinski definition) is 1. The fourth-order valence-electron chi connectivity index (χ4n) is 0.882. The Hall–Kier alpha value is -1.79. The summed E-state index contributed by atoms with van der Waals surface area (Å²) >= 11 is 0. The lowest BCUT2D eigenvalue weighted by molar-refractivity contribution is -0.190. The van der Waals surface area contributed by atoms with Gasteiger partial charge in [-0.25, -0.2) is 9.78 Å². The Balaban J connectivity index is 2.93. The molecule has 0 saturated carbocycles. The molecule has 0 unspecified atom stereocenters. The standard InChI is InChI=1S/C9H8F3NO3/c1-5(9(10,11)12)16-7-6(8(14)15)3-2-4-13-7/h2-5H,1H3,(H,14,15)/t5-/m0/s1. The van der Waals surface area contributed by atoms with Gasteiger partial charge in [0.25, 0.3) is 0 Å². The average molecular weight is 235 g/mol. The van der Waals surface area contributed by atoms with Gasteiger partial charge in [0.15, 0.2) is 6.10 Å². The number of halogens is 3. The zero-order chi connectivity index (χ0) is 12.3. The van der Waals surface area contributed by atoms with Crippen molar-refractivity contribution in [3.63, 3.8) is 0 Å². The SMILES string of the molecule is C[C@H](Oc1ncccc1C(=O)O)C(F)(F)F. The molecule has 1 rings (SSSR count). The molecule has 16 heavy (non-hydrogen) atoms. The average Bonchev–Trinajstić information content (AvgIpc) is 2.16. The molecule has 0 aliphatic rings. The van der Waals surface area contributed by atoms with E-state index in [0.717, 1.165) is 19.2 Å². The van der Waals surface area contributed by atoms with Crippen LogP contribution < -0.4 is 4.74 Å². The Labute approximate surface area is 88.7 Å². The summed E-state index contributed by atoms with van der Waals surface area (Å²) < 4.78 is 41.0. The lowest BCUT2D eigenvalue weighted by Crippen LogP contribution is -2.32. The van der Waals surface area contributed by atoms with Crippen LogP contribution in [0.2, 0.25) is 0 Å². The Morgan fingerprint density at radius 2 is 2.19 bits per heavy atom. The van der Waals surface area contributed by atoms with Crippen molar-refractivity contribution in [3.8, 4) is 5.88 Å². The van der Waals surface area contributed by atoms with Crippen LogP contribution in [0.3, 0.4) is 0 Å². The third-order valence-corrected chi connectivity index (χ3v) is 1.75. The summed E-state index contributed by atoms with van der Waals surface area (Å²) in [5, 5.41) is 8.68. The van der Waals surface area contributed by atoms with Gasteiger partial charge in [-0.15, -0.1) is 0 Å². The van der Waals surface area contributed by atoms with E-state index < -0.39 is 29.7 Å². The van der Waals surface area contributed by atoms with Crippen molar-refractivity contribution < 1.29 is 27.8 Å². The molecule has 1 atom stereocenters. The fourth-order valence-corrected chi connectivity index (χ4v) is 0.882. The molecule has 0 spiro atoms. The van der Waals surface area contributed by atoms with Crippen LogP contribution in [0.15, 0.2) is 18.3 Å². The van der Waals surface area contributed by atoms with Crippen molar-refractivity contribution in [2.24, 2.45) is 0 Å². The Morgan fingerprint density at radius 1 is 1.56 bits per heavy atom. The molecule has 0 saturated heterocycles. The van der Waals surface area contributed by atoms with Gasteiger partial charge in [-0.3, -0.25) is 0 Å². The highest BCUT2D eigenvalue weighted by molar-refractivity contribution is 5.90. The van der Waals surface area contributed by atoms with Gasteiger partial charge in [0, 0.05) is 6.20 Å². The van der Waals surface area contributed by atoms with Crippen molar-refractivity contribution in [2.75, 3.05) is 0 Å². The summed E-state index contributed by atoms with van der Waals surface area (Å²) in [5.74, 6) is -1.93. The van der Waals surface area contributed by atoms with E-state index >= 15 is 0 Å². The van der Waals surface area contributed by atoms with Crippen LogP contribution in [-0.2, 0) is 0 Å². The number of alkyl halides is 3. The molecule has 0 aromatic carbocycles. The Bertz CT molecular complexity index is 392. The normalized spacial score (nSPS) is 13.2. The Kier molecular flexibility index (Phi) is 3.36. The summed E-state index contributed by atoms with van der Waals surface area (Å²) in [6.45, 7) is 0.778. The third kappa shape index (κ3) is 2.85. The second-order valence-electron chi connectivity index (χ2n) is 2.96. The van der Waals surface area contributed by atoms with E-state index in [1.54, 1.807) is 0 Å². The van der Waals surface area contributed by atoms with E-state index in [1.807, 2.05) is 0 Å². The maximum Gasteiger partial charge on any atom is 0.425 e. The fraction of sp³-hybridized carbons (Fsp3) is 0.333. The molecule has 1 aromatic rings. The van der Waals surface area contributed by atoms with Crippen LogP contribution in [0.25, 0.3) is 0 Å². The van der Waals surface area contributed by atoms with E-state index in [9.17, 15) is 18.0 Å². The number of aromatic carboxylic acids is 1. The minimum Gasteiger partial charge on any atom is -0.477 e. The summed E-state index contributed by atoms with van der Waals surface area (Å²) in [5.41, 5.74) is -0.404. The minimum atomic E-state index is -4.56. The number of rotatable bonds is 3. The number of ether oxygens (including phenoxy) is 1. The predicted molar refractivity (Wildman–Crippen MR) is 47.3 cm³/mol. The van der Waals surface area contributed by atoms with Crippen LogP contribution in [0.4, 0.5) is 13.2 Å². The van der Waals surface area contributed by atoms with Crippen LogP contribution in [0.1, 0.15) is 17.3 Å².